The first-order valence-electron chi connectivity index (χ1n) is 8.05. The fraction of sp³-hybridized carbons (Fsp3) is 0.562. The molecule has 1 saturated heterocycles. The summed E-state index contributed by atoms with van der Waals surface area (Å²) in [4.78, 5) is 13.6. The topological polar surface area (TPSA) is 83.7 Å². The second-order valence-electron chi connectivity index (χ2n) is 6.30. The van der Waals surface area contributed by atoms with Crippen LogP contribution in [0, 0.1) is 0 Å². The first kappa shape index (κ1) is 16.4. The molecule has 1 heterocycles. The average Bonchev–Trinajstić information content (AvgIpc) is 3.01. The van der Waals surface area contributed by atoms with Crippen LogP contribution < -0.4 is 5.73 Å². The number of fused-ring (bicyclic) bond motifs is 1. The highest BCUT2D eigenvalue weighted by atomic mass is 32.2. The van der Waals surface area contributed by atoms with Crippen molar-refractivity contribution in [2.45, 2.75) is 37.1 Å². The van der Waals surface area contributed by atoms with Crippen LogP contribution in [-0.2, 0) is 27.7 Å². The van der Waals surface area contributed by atoms with E-state index in [4.69, 9.17) is 5.73 Å². The lowest BCUT2D eigenvalue weighted by atomic mass is 10.1. The Bertz CT molecular complexity index is 709. The van der Waals surface area contributed by atoms with E-state index in [0.29, 0.717) is 31.1 Å². The summed E-state index contributed by atoms with van der Waals surface area (Å²) in [5.74, 6) is -0.375. The number of carbonyl (C=O) groups excluding carboxylic acids is 1. The first-order chi connectivity index (χ1) is 10.9. The number of nitrogens with zero attached hydrogens (tertiary/aromatic N) is 2. The summed E-state index contributed by atoms with van der Waals surface area (Å²) in [6, 6.07) is 5.13. The number of hydrogen-bond acceptors (Lipinski definition) is 4. The van der Waals surface area contributed by atoms with Crippen molar-refractivity contribution in [3.05, 3.63) is 29.3 Å². The van der Waals surface area contributed by atoms with Gasteiger partial charge in [0.1, 0.15) is 0 Å². The molecule has 7 heteroatoms. The van der Waals surface area contributed by atoms with Crippen LogP contribution in [0.3, 0.4) is 0 Å². The van der Waals surface area contributed by atoms with E-state index in [-0.39, 0.29) is 11.9 Å². The Morgan fingerprint density at radius 1 is 1.13 bits per heavy atom. The van der Waals surface area contributed by atoms with E-state index < -0.39 is 10.0 Å². The number of sulfonamides is 1. The zero-order valence-electron chi connectivity index (χ0n) is 13.4. The second kappa shape index (κ2) is 6.22. The van der Waals surface area contributed by atoms with Crippen LogP contribution in [0.4, 0.5) is 0 Å². The third-order valence-electron chi connectivity index (χ3n) is 4.94. The number of nitrogens with two attached hydrogens (primary N) is 1. The Labute approximate surface area is 137 Å². The highest BCUT2D eigenvalue weighted by molar-refractivity contribution is 7.89. The van der Waals surface area contributed by atoms with Gasteiger partial charge in [0.05, 0.1) is 10.9 Å². The molecule has 1 aliphatic heterocycles. The van der Waals surface area contributed by atoms with Crippen LogP contribution in [0.25, 0.3) is 0 Å². The molecule has 1 amide bonds. The third-order valence-corrected chi connectivity index (χ3v) is 6.84. The average molecular weight is 337 g/mol. The number of amides is 1. The minimum absolute atomic E-state index is 0.361. The number of piperazine rings is 1. The summed E-state index contributed by atoms with van der Waals surface area (Å²) >= 11 is 0. The molecule has 1 aliphatic carbocycles. The highest BCUT2D eigenvalue weighted by Crippen LogP contribution is 2.26. The molecule has 1 aromatic carbocycles. The maximum Gasteiger partial charge on any atom is 0.243 e. The van der Waals surface area contributed by atoms with Gasteiger partial charge >= 0.3 is 0 Å². The number of rotatable bonds is 4. The van der Waals surface area contributed by atoms with Crippen molar-refractivity contribution in [2.75, 3.05) is 26.2 Å². The van der Waals surface area contributed by atoms with E-state index in [1.54, 1.807) is 13.0 Å². The summed E-state index contributed by atoms with van der Waals surface area (Å²) in [6.07, 6.45) is 3.10. The standard InChI is InChI=1S/C16H23N3O3S/c1-12(16(17)20)18-7-9-19(10-8-18)23(21,22)15-6-5-13-3-2-4-14(13)11-15/h5-6,11-12H,2-4,7-10H2,1H3,(H2,17,20)/t12-/m1/s1. The lowest BCUT2D eigenvalue weighted by Crippen LogP contribution is -2.54. The zero-order chi connectivity index (χ0) is 16.6. The molecule has 23 heavy (non-hydrogen) atoms. The van der Waals surface area contributed by atoms with Gasteiger partial charge in [-0.2, -0.15) is 4.31 Å². The van der Waals surface area contributed by atoms with Gasteiger partial charge in [0, 0.05) is 26.2 Å². The highest BCUT2D eigenvalue weighted by Gasteiger charge is 2.31. The maximum absolute atomic E-state index is 12.8. The number of carbonyl (C=O) groups is 1. The molecule has 0 bridgehead atoms. The van der Waals surface area contributed by atoms with E-state index in [0.717, 1.165) is 24.8 Å². The van der Waals surface area contributed by atoms with Crippen molar-refractivity contribution in [1.29, 1.82) is 0 Å². The normalized spacial score (nSPS) is 21.1. The molecule has 1 aromatic rings. The van der Waals surface area contributed by atoms with Gasteiger partial charge in [0.15, 0.2) is 0 Å². The smallest absolute Gasteiger partial charge is 0.243 e. The Hall–Kier alpha value is -1.44. The third kappa shape index (κ3) is 3.13. The van der Waals surface area contributed by atoms with Gasteiger partial charge in [0.25, 0.3) is 0 Å². The van der Waals surface area contributed by atoms with Gasteiger partial charge in [-0.1, -0.05) is 6.07 Å². The minimum atomic E-state index is -3.46. The fourth-order valence-electron chi connectivity index (χ4n) is 3.37. The van der Waals surface area contributed by atoms with Gasteiger partial charge in [0.2, 0.25) is 15.9 Å². The van der Waals surface area contributed by atoms with Crippen molar-refractivity contribution >= 4 is 15.9 Å². The van der Waals surface area contributed by atoms with Gasteiger partial charge in [-0.25, -0.2) is 8.42 Å². The monoisotopic (exact) mass is 337 g/mol. The molecular formula is C16H23N3O3S. The lowest BCUT2D eigenvalue weighted by Gasteiger charge is -2.36. The Morgan fingerprint density at radius 3 is 2.43 bits per heavy atom. The van der Waals surface area contributed by atoms with Crippen molar-refractivity contribution in [1.82, 2.24) is 9.21 Å². The Morgan fingerprint density at radius 2 is 1.78 bits per heavy atom. The summed E-state index contributed by atoms with van der Waals surface area (Å²) in [5, 5.41) is 0. The van der Waals surface area contributed by atoms with Crippen LogP contribution in [0.2, 0.25) is 0 Å². The van der Waals surface area contributed by atoms with Gasteiger partial charge in [-0.05, 0) is 49.4 Å². The quantitative estimate of drug-likeness (QED) is 0.859. The van der Waals surface area contributed by atoms with Crippen molar-refractivity contribution in [3.63, 3.8) is 0 Å². The predicted octanol–water partition coefficient (Wildman–Crippen LogP) is 0.355. The van der Waals surface area contributed by atoms with Crippen molar-refractivity contribution < 1.29 is 13.2 Å². The second-order valence-corrected chi connectivity index (χ2v) is 8.24. The molecule has 0 radical (unpaired) electrons. The van der Waals surface area contributed by atoms with Crippen molar-refractivity contribution in [3.8, 4) is 0 Å². The van der Waals surface area contributed by atoms with Gasteiger partial charge in [-0.15, -0.1) is 0 Å². The summed E-state index contributed by atoms with van der Waals surface area (Å²) < 4.78 is 27.1. The maximum atomic E-state index is 12.8. The Balaban J connectivity index is 1.73. The predicted molar refractivity (Wildman–Crippen MR) is 87.5 cm³/mol. The molecule has 1 atom stereocenters. The van der Waals surface area contributed by atoms with E-state index >= 15 is 0 Å². The number of aryl methyl sites for hydroxylation is 2. The molecule has 0 unspecified atom stereocenters. The molecule has 126 valence electrons. The van der Waals surface area contributed by atoms with E-state index in [2.05, 4.69) is 0 Å². The zero-order valence-corrected chi connectivity index (χ0v) is 14.2. The Kier molecular flexibility index (Phi) is 4.44. The van der Waals surface area contributed by atoms with Gasteiger partial charge in [-0.3, -0.25) is 9.69 Å². The molecule has 3 rings (SSSR count). The number of benzene rings is 1. The number of primary amides is 1. The molecule has 0 spiro atoms. The van der Waals surface area contributed by atoms with E-state index in [9.17, 15) is 13.2 Å². The molecule has 6 nitrogen and oxygen atoms in total. The molecule has 0 aromatic heterocycles. The summed E-state index contributed by atoms with van der Waals surface area (Å²) in [6.45, 7) is 3.57. The summed E-state index contributed by atoms with van der Waals surface area (Å²) in [5.41, 5.74) is 7.74. The molecule has 2 aliphatic rings. The van der Waals surface area contributed by atoms with Crippen LogP contribution in [-0.4, -0.2) is 55.8 Å². The van der Waals surface area contributed by atoms with Crippen LogP contribution in [0.15, 0.2) is 23.1 Å². The van der Waals surface area contributed by atoms with Crippen LogP contribution >= 0.6 is 0 Å². The van der Waals surface area contributed by atoms with Gasteiger partial charge < -0.3 is 5.73 Å². The fourth-order valence-corrected chi connectivity index (χ4v) is 4.84. The molecule has 1 fully saturated rings. The minimum Gasteiger partial charge on any atom is -0.368 e. The van der Waals surface area contributed by atoms with E-state index in [1.807, 2.05) is 17.0 Å². The SMILES string of the molecule is C[C@H](C(N)=O)N1CCN(S(=O)(=O)c2ccc3c(c2)CCC3)CC1. The molecular weight excluding hydrogens is 314 g/mol. The first-order valence-corrected chi connectivity index (χ1v) is 9.49. The molecule has 2 N–H and O–H groups in total. The lowest BCUT2D eigenvalue weighted by molar-refractivity contribution is -0.123. The molecule has 0 saturated carbocycles. The van der Waals surface area contributed by atoms with Crippen LogP contribution in [0.1, 0.15) is 24.5 Å². The van der Waals surface area contributed by atoms with Crippen LogP contribution in [0.5, 0.6) is 0 Å². The van der Waals surface area contributed by atoms with Crippen molar-refractivity contribution in [2.24, 2.45) is 5.73 Å². The largest absolute Gasteiger partial charge is 0.368 e. The summed E-state index contributed by atoms with van der Waals surface area (Å²) in [7, 11) is -3.46. The number of hydrogen-bond donors (Lipinski definition) is 1. The van der Waals surface area contributed by atoms with E-state index in [1.165, 1.54) is 9.87 Å².